The third-order valence-electron chi connectivity index (χ3n) is 4.32. The Morgan fingerprint density at radius 1 is 1.13 bits per heavy atom. The van der Waals surface area contributed by atoms with E-state index in [-0.39, 0.29) is 32.7 Å². The summed E-state index contributed by atoms with van der Waals surface area (Å²) in [6, 6.07) is 9.46. The van der Waals surface area contributed by atoms with Gasteiger partial charge < -0.3 is 11.1 Å². The Labute approximate surface area is 185 Å². The lowest BCUT2D eigenvalue weighted by Crippen LogP contribution is -2.30. The van der Waals surface area contributed by atoms with Gasteiger partial charge >= 0.3 is 6.18 Å². The molecule has 3 aromatic rings. The van der Waals surface area contributed by atoms with Crippen molar-refractivity contribution >= 4 is 51.5 Å². The summed E-state index contributed by atoms with van der Waals surface area (Å²) in [6.45, 7) is 0. The number of nitrogens with one attached hydrogen (secondary N) is 1. The predicted molar refractivity (Wildman–Crippen MR) is 116 cm³/mol. The fourth-order valence-electron chi connectivity index (χ4n) is 2.75. The van der Waals surface area contributed by atoms with E-state index in [0.29, 0.717) is 5.52 Å². The van der Waals surface area contributed by atoms with Crippen LogP contribution >= 0.6 is 23.2 Å². The molecule has 0 aliphatic rings. The summed E-state index contributed by atoms with van der Waals surface area (Å²) in [5.41, 5.74) is 5.61. The van der Waals surface area contributed by atoms with E-state index in [2.05, 4.69) is 15.3 Å². The van der Waals surface area contributed by atoms with Gasteiger partial charge in [-0.2, -0.15) is 13.2 Å². The molecule has 1 amide bonds. The van der Waals surface area contributed by atoms with Gasteiger partial charge in [0.25, 0.3) is 5.91 Å². The summed E-state index contributed by atoms with van der Waals surface area (Å²) in [4.78, 5) is 20.8. The molecule has 2 aromatic carbocycles. The largest absolute Gasteiger partial charge is 0.416 e. The van der Waals surface area contributed by atoms with E-state index in [4.69, 9.17) is 28.9 Å². The minimum atomic E-state index is -4.56. The average Bonchev–Trinajstić information content (AvgIpc) is 2.71. The van der Waals surface area contributed by atoms with Gasteiger partial charge in [0.2, 0.25) is 0 Å². The van der Waals surface area contributed by atoms with Crippen LogP contribution < -0.4 is 11.1 Å². The Balaban J connectivity index is 1.89. The monoisotopic (exact) mass is 466 g/mol. The minimum Gasteiger partial charge on any atom is -0.398 e. The summed E-state index contributed by atoms with van der Waals surface area (Å²) in [6.07, 6.45) is -1.76. The zero-order valence-electron chi connectivity index (χ0n) is 16.0. The molecule has 5 nitrogen and oxygen atoms in total. The molecular formula is C21H15Cl2F3N4O. The normalized spacial score (nSPS) is 12.8. The Kier molecular flexibility index (Phi) is 6.52. The Morgan fingerprint density at radius 2 is 1.87 bits per heavy atom. The molecule has 0 saturated carbocycles. The second kappa shape index (κ2) is 8.95. The van der Waals surface area contributed by atoms with Gasteiger partial charge in [0.1, 0.15) is 5.84 Å². The van der Waals surface area contributed by atoms with Crippen molar-refractivity contribution in [1.29, 1.82) is 0 Å². The van der Waals surface area contributed by atoms with E-state index in [1.165, 1.54) is 19.2 Å². The maximum Gasteiger partial charge on any atom is 0.416 e. The van der Waals surface area contributed by atoms with Crippen molar-refractivity contribution in [3.63, 3.8) is 0 Å². The van der Waals surface area contributed by atoms with E-state index < -0.39 is 17.6 Å². The van der Waals surface area contributed by atoms with Crippen LogP contribution in [0, 0.1) is 0 Å². The first-order valence-corrected chi connectivity index (χ1v) is 9.52. The second-order valence-corrected chi connectivity index (χ2v) is 7.20. The van der Waals surface area contributed by atoms with E-state index in [1.807, 2.05) is 0 Å². The number of halogens is 5. The lowest BCUT2D eigenvalue weighted by molar-refractivity contribution is -0.137. The highest BCUT2D eigenvalue weighted by molar-refractivity contribution is 6.35. The molecule has 0 bridgehead atoms. The molecule has 0 aliphatic heterocycles. The molecule has 0 fully saturated rings. The summed E-state index contributed by atoms with van der Waals surface area (Å²) in [7, 11) is 1.39. The highest BCUT2D eigenvalue weighted by Crippen LogP contribution is 2.33. The van der Waals surface area contributed by atoms with Crippen LogP contribution in [-0.4, -0.2) is 23.8 Å². The SMILES string of the molecule is CN=C(C=C(N)c1cc(C(F)(F)F)ccc1Cl)NC(=O)c1cc2ncccc2cc1Cl. The van der Waals surface area contributed by atoms with Gasteiger partial charge in [-0.05, 0) is 36.4 Å². The number of hydrogen-bond acceptors (Lipinski definition) is 4. The fraction of sp³-hybridized carbons (Fsp3) is 0.0952. The van der Waals surface area contributed by atoms with Gasteiger partial charge in [-0.3, -0.25) is 14.8 Å². The maximum absolute atomic E-state index is 13.0. The number of carbonyl (C=O) groups excluding carboxylic acids is 1. The number of nitrogens with two attached hydrogens (primary N) is 1. The fourth-order valence-corrected chi connectivity index (χ4v) is 3.24. The van der Waals surface area contributed by atoms with Crippen LogP contribution in [-0.2, 0) is 6.18 Å². The Hall–Kier alpha value is -3.10. The van der Waals surface area contributed by atoms with E-state index in [9.17, 15) is 18.0 Å². The average molecular weight is 467 g/mol. The number of amides is 1. The van der Waals surface area contributed by atoms with E-state index in [0.717, 1.165) is 23.6 Å². The smallest absolute Gasteiger partial charge is 0.398 e. The molecular weight excluding hydrogens is 452 g/mol. The van der Waals surface area contributed by atoms with Crippen molar-refractivity contribution in [3.8, 4) is 0 Å². The third kappa shape index (κ3) is 5.15. The third-order valence-corrected chi connectivity index (χ3v) is 4.96. The topological polar surface area (TPSA) is 80.4 Å². The molecule has 1 aromatic heterocycles. The molecule has 0 atom stereocenters. The van der Waals surface area contributed by atoms with Crippen molar-refractivity contribution in [1.82, 2.24) is 10.3 Å². The van der Waals surface area contributed by atoms with Crippen LogP contribution in [0.1, 0.15) is 21.5 Å². The van der Waals surface area contributed by atoms with Crippen LogP contribution in [0.5, 0.6) is 0 Å². The number of pyridine rings is 1. The number of aliphatic imine (C=N–C) groups is 1. The number of rotatable bonds is 3. The summed E-state index contributed by atoms with van der Waals surface area (Å²) in [5.74, 6) is -0.578. The first kappa shape index (κ1) is 22.6. The number of fused-ring (bicyclic) bond motifs is 1. The molecule has 3 N–H and O–H groups in total. The summed E-state index contributed by atoms with van der Waals surface area (Å²) in [5, 5.41) is 3.51. The number of hydrogen-bond donors (Lipinski definition) is 2. The van der Waals surface area contributed by atoms with E-state index >= 15 is 0 Å². The van der Waals surface area contributed by atoms with Crippen molar-refractivity contribution in [2.45, 2.75) is 6.18 Å². The van der Waals surface area contributed by atoms with Gasteiger partial charge in [-0.25, -0.2) is 0 Å². The van der Waals surface area contributed by atoms with Crippen molar-refractivity contribution in [2.75, 3.05) is 7.05 Å². The van der Waals surface area contributed by atoms with Crippen LogP contribution in [0.15, 0.2) is 59.7 Å². The summed E-state index contributed by atoms with van der Waals surface area (Å²) < 4.78 is 39.0. The van der Waals surface area contributed by atoms with E-state index in [1.54, 1.807) is 24.4 Å². The van der Waals surface area contributed by atoms with Gasteiger partial charge in [0.15, 0.2) is 0 Å². The molecule has 0 aliphatic carbocycles. The molecule has 160 valence electrons. The molecule has 3 rings (SSSR count). The van der Waals surface area contributed by atoms with Crippen LogP contribution in [0.4, 0.5) is 13.2 Å². The molecule has 0 saturated heterocycles. The Morgan fingerprint density at radius 3 is 2.55 bits per heavy atom. The van der Waals surface area contributed by atoms with Crippen molar-refractivity contribution in [2.24, 2.45) is 10.7 Å². The van der Waals surface area contributed by atoms with Gasteiger partial charge in [-0.15, -0.1) is 0 Å². The summed E-state index contributed by atoms with van der Waals surface area (Å²) >= 11 is 12.2. The second-order valence-electron chi connectivity index (χ2n) is 6.38. The lowest BCUT2D eigenvalue weighted by atomic mass is 10.1. The number of alkyl halides is 3. The standard InChI is InChI=1S/C21H15Cl2F3N4O/c1-28-19(10-17(27)13-8-12(21(24,25)26)4-5-15(13)22)30-20(31)14-9-18-11(7-16(14)23)3-2-6-29-18/h2-10H,27H2,1H3,(H,28,30,31). The quantitative estimate of drug-likeness (QED) is 0.404. The molecule has 0 unspecified atom stereocenters. The van der Waals surface area contributed by atoms with Crippen molar-refractivity contribution < 1.29 is 18.0 Å². The first-order chi connectivity index (χ1) is 14.6. The number of carbonyl (C=O) groups is 1. The number of nitrogens with zero attached hydrogens (tertiary/aromatic N) is 2. The number of benzene rings is 2. The maximum atomic E-state index is 13.0. The van der Waals surface area contributed by atoms with Gasteiger partial charge in [0, 0.05) is 41.0 Å². The predicted octanol–water partition coefficient (Wildman–Crippen LogP) is 5.32. The Bertz CT molecular complexity index is 1220. The highest BCUT2D eigenvalue weighted by Gasteiger charge is 2.31. The minimum absolute atomic E-state index is 0.00756. The van der Waals surface area contributed by atoms with Gasteiger partial charge in [-0.1, -0.05) is 29.3 Å². The molecule has 0 spiro atoms. The number of aromatic nitrogens is 1. The highest BCUT2D eigenvalue weighted by atomic mass is 35.5. The zero-order valence-corrected chi connectivity index (χ0v) is 17.5. The molecule has 31 heavy (non-hydrogen) atoms. The van der Waals surface area contributed by atoms with Crippen LogP contribution in [0.3, 0.4) is 0 Å². The van der Waals surface area contributed by atoms with Crippen LogP contribution in [0.25, 0.3) is 16.6 Å². The number of amidine groups is 1. The van der Waals surface area contributed by atoms with Crippen LogP contribution in [0.2, 0.25) is 10.0 Å². The first-order valence-electron chi connectivity index (χ1n) is 8.77. The van der Waals surface area contributed by atoms with Gasteiger partial charge in [0.05, 0.1) is 21.7 Å². The molecule has 0 radical (unpaired) electrons. The molecule has 1 heterocycles. The molecule has 10 heteroatoms. The zero-order chi connectivity index (χ0) is 22.8. The van der Waals surface area contributed by atoms with Crippen molar-refractivity contribution in [3.05, 3.63) is 81.5 Å². The lowest BCUT2D eigenvalue weighted by Gasteiger charge is -2.12.